The Balaban J connectivity index is 1.19. The molecule has 4 unspecified atom stereocenters. The number of benzene rings is 6. The van der Waals surface area contributed by atoms with E-state index in [-0.39, 0.29) is 90.7 Å². The molecule has 6 aromatic carbocycles. The quantitative estimate of drug-likeness (QED) is 0.0204. The Morgan fingerprint density at radius 2 is 0.873 bits per heavy atom. The van der Waals surface area contributed by atoms with Crippen molar-refractivity contribution in [1.29, 1.82) is 0 Å². The molecule has 0 aromatic heterocycles. The summed E-state index contributed by atoms with van der Waals surface area (Å²) in [6, 6.07) is 49.0. The second kappa shape index (κ2) is 44.4. The molecule has 3 aliphatic heterocycles. The van der Waals surface area contributed by atoms with Crippen molar-refractivity contribution in [1.82, 2.24) is 10.6 Å². The molecule has 2 saturated heterocycles. The van der Waals surface area contributed by atoms with Crippen LogP contribution in [0.25, 0.3) is 0 Å². The summed E-state index contributed by atoms with van der Waals surface area (Å²) in [5, 5.41) is 5.97. The highest BCUT2D eigenvalue weighted by Gasteiger charge is 2.57. The molecule has 596 valence electrons. The number of nitrogens with one attached hydrogen (secondary N) is 2. The molecule has 0 spiro atoms. The van der Waals surface area contributed by atoms with Crippen LogP contribution in [0.4, 0.5) is 0 Å². The van der Waals surface area contributed by atoms with Crippen LogP contribution < -0.4 is 10.6 Å². The number of phosphoric acid groups is 2. The lowest BCUT2D eigenvalue weighted by Crippen LogP contribution is -2.68. The molecular weight excluding hydrogens is 1460 g/mol. The second-order valence-electron chi connectivity index (χ2n) is 27.1. The highest BCUT2D eigenvalue weighted by molar-refractivity contribution is 7.48. The molecule has 2 N–H and O–H groups in total. The fourth-order valence-corrected chi connectivity index (χ4v) is 14.8. The third-order valence-corrected chi connectivity index (χ3v) is 21.5. The number of esters is 4. The van der Waals surface area contributed by atoms with Crippen molar-refractivity contribution in [2.24, 2.45) is 5.92 Å². The van der Waals surface area contributed by atoms with Crippen molar-refractivity contribution in [2.75, 3.05) is 13.2 Å². The van der Waals surface area contributed by atoms with E-state index < -0.39 is 157 Å². The first-order valence-corrected chi connectivity index (χ1v) is 40.7. The number of amides is 2. The summed E-state index contributed by atoms with van der Waals surface area (Å²) in [5.41, 5.74) is 4.66. The lowest BCUT2D eigenvalue weighted by atomic mass is 9.94. The van der Waals surface area contributed by atoms with E-state index in [0.717, 1.165) is 11.1 Å². The molecule has 14 atom stereocenters. The predicted molar refractivity (Wildman–Crippen MR) is 402 cm³/mol. The minimum atomic E-state index is -4.97. The zero-order valence-electron chi connectivity index (χ0n) is 63.5. The van der Waals surface area contributed by atoms with Crippen LogP contribution in [0, 0.1) is 5.92 Å². The lowest BCUT2D eigenvalue weighted by molar-refractivity contribution is -0.303. The topological polar surface area (TPSA) is 308 Å². The van der Waals surface area contributed by atoms with Gasteiger partial charge in [0.15, 0.2) is 24.8 Å². The Hall–Kier alpha value is -7.88. The van der Waals surface area contributed by atoms with Crippen LogP contribution in [-0.4, -0.2) is 129 Å². The third kappa shape index (κ3) is 27.2. The molecule has 0 saturated carbocycles. The first-order chi connectivity index (χ1) is 53.3. The summed E-state index contributed by atoms with van der Waals surface area (Å²) in [5.74, 6) is -4.47. The number of hydrogen-bond donors (Lipinski definition) is 2. The minimum Gasteiger partial charge on any atom is -0.462 e. The molecule has 2 amide bonds. The molecule has 28 heteroatoms. The molecule has 9 rings (SSSR count). The maximum atomic E-state index is 15.9. The number of fused-ring (bicyclic) bond motifs is 1. The molecule has 3 aliphatic rings. The molecule has 110 heavy (non-hydrogen) atoms. The van der Waals surface area contributed by atoms with E-state index in [1.165, 1.54) is 0 Å². The Kier molecular flexibility index (Phi) is 34.7. The molecular formula is C82H104N2O24P2. The average Bonchev–Trinajstić information content (AvgIpc) is 0.957. The number of carbonyl (C=O) groups is 6. The summed E-state index contributed by atoms with van der Waals surface area (Å²) in [6.45, 7) is 9.96. The first-order valence-electron chi connectivity index (χ1n) is 37.8. The van der Waals surface area contributed by atoms with E-state index >= 15 is 18.7 Å². The number of hydrogen-bond acceptors (Lipinski definition) is 24. The summed E-state index contributed by atoms with van der Waals surface area (Å²) in [7, 11) is -9.77. The fourth-order valence-electron chi connectivity index (χ4n) is 12.2. The molecule has 2 fully saturated rings. The number of ether oxygens (including phenoxy) is 10. The van der Waals surface area contributed by atoms with Crippen molar-refractivity contribution in [3.05, 3.63) is 215 Å². The highest BCUT2D eigenvalue weighted by atomic mass is 31.2. The van der Waals surface area contributed by atoms with Crippen LogP contribution in [0.2, 0.25) is 0 Å². The Bertz CT molecular complexity index is 3830. The van der Waals surface area contributed by atoms with Crippen molar-refractivity contribution in [3.63, 3.8) is 0 Å². The Morgan fingerprint density at radius 1 is 0.455 bits per heavy atom. The molecule has 0 bridgehead atoms. The SMILES string of the molecule is CCC(=O)O[C@H](CC)CC(=O)NC1[C@H](OCC2O[C@H](OP(=O)(OCc3ccccc3)OCc3ccccc3)C(NC(=O)C[C@H](C)CC)[C@@H](OC(=O)C[C@@H](CC)OCc3ccccc3)[C@H]2OCc2ccccc2)OC(COCc2ccccc2)[C@@H](OP2(=O)OCc3ccccc3CO2)[C@@H]1OC(=O)C[C@@H](CC)OC(=O)CC. The number of carbonyl (C=O) groups excluding carboxylic acids is 6. The van der Waals surface area contributed by atoms with Gasteiger partial charge in [-0.15, -0.1) is 0 Å². The maximum absolute atomic E-state index is 15.9. The van der Waals surface area contributed by atoms with Gasteiger partial charge in [-0.3, -0.25) is 55.9 Å². The number of rotatable bonds is 43. The van der Waals surface area contributed by atoms with Gasteiger partial charge in [-0.05, 0) is 64.1 Å². The van der Waals surface area contributed by atoms with Gasteiger partial charge in [-0.2, -0.15) is 0 Å². The van der Waals surface area contributed by atoms with E-state index in [4.69, 9.17) is 74.5 Å². The van der Waals surface area contributed by atoms with Crippen molar-refractivity contribution >= 4 is 51.3 Å². The maximum Gasteiger partial charge on any atom is 0.477 e. The van der Waals surface area contributed by atoms with Gasteiger partial charge >= 0.3 is 39.5 Å². The summed E-state index contributed by atoms with van der Waals surface area (Å²) < 4.78 is 135. The van der Waals surface area contributed by atoms with E-state index in [2.05, 4.69) is 10.6 Å². The van der Waals surface area contributed by atoms with Gasteiger partial charge in [0.05, 0.1) is 84.8 Å². The van der Waals surface area contributed by atoms with Crippen LogP contribution >= 0.6 is 15.6 Å². The molecule has 26 nitrogen and oxygen atoms in total. The highest BCUT2D eigenvalue weighted by Crippen LogP contribution is 2.56. The lowest BCUT2D eigenvalue weighted by Gasteiger charge is -2.48. The fraction of sp³-hybridized carbons (Fsp3) is 0.488. The van der Waals surface area contributed by atoms with Crippen molar-refractivity contribution in [3.8, 4) is 0 Å². The van der Waals surface area contributed by atoms with Crippen LogP contribution in [-0.2, 0) is 159 Å². The third-order valence-electron chi connectivity index (χ3n) is 18.7. The molecule has 0 radical (unpaired) electrons. The van der Waals surface area contributed by atoms with Crippen molar-refractivity contribution in [2.45, 2.75) is 239 Å². The van der Waals surface area contributed by atoms with Gasteiger partial charge in [0.1, 0.15) is 48.7 Å². The van der Waals surface area contributed by atoms with Crippen molar-refractivity contribution < 1.29 is 112 Å². The van der Waals surface area contributed by atoms with E-state index in [0.29, 0.717) is 40.7 Å². The van der Waals surface area contributed by atoms with Crippen LogP contribution in [0.1, 0.15) is 152 Å². The van der Waals surface area contributed by atoms with E-state index in [9.17, 15) is 19.2 Å². The zero-order valence-corrected chi connectivity index (χ0v) is 65.2. The van der Waals surface area contributed by atoms with Crippen LogP contribution in [0.15, 0.2) is 176 Å². The summed E-state index contributed by atoms with van der Waals surface area (Å²) in [4.78, 5) is 85.7. The largest absolute Gasteiger partial charge is 0.477 e. The average molecular weight is 1560 g/mol. The van der Waals surface area contributed by atoms with E-state index in [1.54, 1.807) is 137 Å². The normalized spacial score (nSPS) is 22.1. The minimum absolute atomic E-state index is 0.00525. The van der Waals surface area contributed by atoms with Gasteiger partial charge in [-0.1, -0.05) is 231 Å². The Labute approximate surface area is 643 Å². The smallest absolute Gasteiger partial charge is 0.462 e. The first kappa shape index (κ1) is 86.1. The zero-order chi connectivity index (χ0) is 78.3. The summed E-state index contributed by atoms with van der Waals surface area (Å²) >= 11 is 0. The van der Waals surface area contributed by atoms with Gasteiger partial charge in [0, 0.05) is 19.3 Å². The van der Waals surface area contributed by atoms with E-state index in [1.807, 2.05) is 87.5 Å². The summed E-state index contributed by atoms with van der Waals surface area (Å²) in [6.07, 6.45) is -16.4. The Morgan fingerprint density at radius 3 is 1.36 bits per heavy atom. The monoisotopic (exact) mass is 1560 g/mol. The van der Waals surface area contributed by atoms with Gasteiger partial charge in [-0.25, -0.2) is 9.13 Å². The second-order valence-corrected chi connectivity index (χ2v) is 30.3. The van der Waals surface area contributed by atoms with Crippen LogP contribution in [0.5, 0.6) is 0 Å². The van der Waals surface area contributed by atoms with Gasteiger partial charge in [0.25, 0.3) is 0 Å². The van der Waals surface area contributed by atoms with Gasteiger partial charge < -0.3 is 58.0 Å². The number of phosphoric ester groups is 2. The molecule has 3 heterocycles. The van der Waals surface area contributed by atoms with Gasteiger partial charge in [0.2, 0.25) is 11.8 Å². The van der Waals surface area contributed by atoms with Crippen LogP contribution in [0.3, 0.4) is 0 Å². The molecule has 6 aromatic rings. The predicted octanol–water partition coefficient (Wildman–Crippen LogP) is 13.9. The standard InChI is InChI=1S/C82H104N2O24P2/c1-8-56(7)43-69(85)83-76-79(105-73(89)45-64(9-2)94-48-58-33-21-15-22-34-58)77(95-49-59-35-23-16-24-36-59)68(104-82(76)108-110(92,97-50-60-37-25-17-26-38-60)98-51-61-39-27-18-28-40-61)55-96-81-75(84-70(86)44-65(10-3)101-71(87)12-5)80(106-74(90)46-66(11-4)102-72(88)13-6)78(67(103-81)54-93-47-57-31-19-14-20-32-57)107-109(91)99-52-62-41-29-30-42-63(62)53-100-109/h14-42,56,64-68,75-82H,8-13,43-55H2,1-7H3,(H,83,85)(H,84,86)/t56-,64-,65-,66-,67?,68?,75?,76?,77+,78-,79-,80-,81-,82-/m1/s1. The molecule has 0 aliphatic carbocycles.